The highest BCUT2D eigenvalue weighted by Gasteiger charge is 2.17. The van der Waals surface area contributed by atoms with E-state index < -0.39 is 0 Å². The molecule has 100 valence electrons. The number of nitrogens with one attached hydrogen (secondary N) is 2. The van der Waals surface area contributed by atoms with E-state index in [1.807, 2.05) is 0 Å². The van der Waals surface area contributed by atoms with Crippen LogP contribution in [0.5, 0.6) is 0 Å². The van der Waals surface area contributed by atoms with Crippen LogP contribution in [0.4, 0.5) is 0 Å². The zero-order chi connectivity index (χ0) is 13.2. The van der Waals surface area contributed by atoms with Gasteiger partial charge in [0.1, 0.15) is 0 Å². The summed E-state index contributed by atoms with van der Waals surface area (Å²) in [4.78, 5) is 0. The van der Waals surface area contributed by atoms with Crippen molar-refractivity contribution in [2.24, 2.45) is 0 Å². The van der Waals surface area contributed by atoms with Gasteiger partial charge in [-0.25, -0.2) is 0 Å². The minimum Gasteiger partial charge on any atom is -0.314 e. The van der Waals surface area contributed by atoms with Crippen molar-refractivity contribution in [3.63, 3.8) is 0 Å². The summed E-state index contributed by atoms with van der Waals surface area (Å²) >= 11 is 0. The van der Waals surface area contributed by atoms with E-state index in [0.717, 1.165) is 26.1 Å². The number of piperazine rings is 1. The summed E-state index contributed by atoms with van der Waals surface area (Å²) in [6.07, 6.45) is 1.13. The lowest BCUT2D eigenvalue weighted by Crippen LogP contribution is -2.49. The topological polar surface area (TPSA) is 24.1 Å². The SMILES string of the molecule is Cc1ccc(C(C)(C)C)cc1CC1CNCCN1. The van der Waals surface area contributed by atoms with Gasteiger partial charge in [0, 0.05) is 25.7 Å². The Bertz CT molecular complexity index is 398. The molecule has 1 unspecified atom stereocenters. The minimum absolute atomic E-state index is 0.237. The van der Waals surface area contributed by atoms with E-state index in [0.29, 0.717) is 6.04 Å². The van der Waals surface area contributed by atoms with Gasteiger partial charge in [-0.3, -0.25) is 0 Å². The Morgan fingerprint density at radius 2 is 2.00 bits per heavy atom. The molecular formula is C16H26N2. The highest BCUT2D eigenvalue weighted by Crippen LogP contribution is 2.25. The van der Waals surface area contributed by atoms with E-state index in [2.05, 4.69) is 56.5 Å². The van der Waals surface area contributed by atoms with Gasteiger partial charge in [-0.2, -0.15) is 0 Å². The highest BCUT2D eigenvalue weighted by molar-refractivity contribution is 5.35. The normalized spacial score (nSPS) is 21.0. The standard InChI is InChI=1S/C16H26N2/c1-12-5-6-14(16(2,3)4)9-13(12)10-15-11-17-7-8-18-15/h5-6,9,15,17-18H,7-8,10-11H2,1-4H3. The third-order valence-electron chi connectivity index (χ3n) is 3.81. The molecule has 0 amide bonds. The van der Waals surface area contributed by atoms with Crippen molar-refractivity contribution in [1.82, 2.24) is 10.6 Å². The molecule has 0 radical (unpaired) electrons. The Kier molecular flexibility index (Phi) is 4.08. The Labute approximate surface area is 111 Å². The number of rotatable bonds is 2. The number of benzene rings is 1. The summed E-state index contributed by atoms with van der Waals surface area (Å²) in [5.41, 5.74) is 4.58. The third-order valence-corrected chi connectivity index (χ3v) is 3.81. The lowest BCUT2D eigenvalue weighted by atomic mass is 9.84. The molecule has 1 atom stereocenters. The average molecular weight is 246 g/mol. The summed E-state index contributed by atoms with van der Waals surface area (Å²) in [5, 5.41) is 7.05. The summed E-state index contributed by atoms with van der Waals surface area (Å²) < 4.78 is 0. The second-order valence-electron chi connectivity index (χ2n) is 6.45. The van der Waals surface area contributed by atoms with Crippen LogP contribution in [-0.2, 0) is 11.8 Å². The second kappa shape index (κ2) is 5.41. The van der Waals surface area contributed by atoms with E-state index in [4.69, 9.17) is 0 Å². The van der Waals surface area contributed by atoms with Gasteiger partial charge in [-0.1, -0.05) is 39.0 Å². The Balaban J connectivity index is 2.15. The van der Waals surface area contributed by atoms with Crippen LogP contribution in [0.1, 0.15) is 37.5 Å². The fraction of sp³-hybridized carbons (Fsp3) is 0.625. The van der Waals surface area contributed by atoms with Crippen LogP contribution in [0.3, 0.4) is 0 Å². The molecule has 1 saturated heterocycles. The Morgan fingerprint density at radius 1 is 1.22 bits per heavy atom. The van der Waals surface area contributed by atoms with Crippen LogP contribution >= 0.6 is 0 Å². The predicted molar refractivity (Wildman–Crippen MR) is 78.2 cm³/mol. The van der Waals surface area contributed by atoms with Crippen LogP contribution in [0.25, 0.3) is 0 Å². The van der Waals surface area contributed by atoms with Gasteiger partial charge in [0.25, 0.3) is 0 Å². The van der Waals surface area contributed by atoms with Crippen LogP contribution in [-0.4, -0.2) is 25.7 Å². The van der Waals surface area contributed by atoms with Gasteiger partial charge in [0.2, 0.25) is 0 Å². The molecule has 1 fully saturated rings. The summed E-state index contributed by atoms with van der Waals surface area (Å²) in [6, 6.07) is 7.51. The molecule has 0 aromatic heterocycles. The molecular weight excluding hydrogens is 220 g/mol. The zero-order valence-corrected chi connectivity index (χ0v) is 12.1. The van der Waals surface area contributed by atoms with Crippen LogP contribution in [0.2, 0.25) is 0 Å². The molecule has 0 spiro atoms. The van der Waals surface area contributed by atoms with Crippen molar-refractivity contribution >= 4 is 0 Å². The molecule has 2 rings (SSSR count). The van der Waals surface area contributed by atoms with Gasteiger partial charge < -0.3 is 10.6 Å². The molecule has 0 aliphatic carbocycles. The van der Waals surface area contributed by atoms with Crippen LogP contribution in [0.15, 0.2) is 18.2 Å². The summed E-state index contributed by atoms with van der Waals surface area (Å²) in [7, 11) is 0. The molecule has 0 saturated carbocycles. The van der Waals surface area contributed by atoms with Gasteiger partial charge in [0.15, 0.2) is 0 Å². The molecule has 0 bridgehead atoms. The first-order valence-corrected chi connectivity index (χ1v) is 7.01. The van der Waals surface area contributed by atoms with Crippen LogP contribution < -0.4 is 10.6 Å². The lowest BCUT2D eigenvalue weighted by molar-refractivity contribution is 0.416. The number of aryl methyl sites for hydroxylation is 1. The molecule has 1 aromatic rings. The van der Waals surface area contributed by atoms with Gasteiger partial charge in [0.05, 0.1) is 0 Å². The molecule has 1 aromatic carbocycles. The molecule has 1 aliphatic heterocycles. The fourth-order valence-corrected chi connectivity index (χ4v) is 2.48. The first-order chi connectivity index (χ1) is 8.47. The van der Waals surface area contributed by atoms with Gasteiger partial charge >= 0.3 is 0 Å². The molecule has 2 nitrogen and oxygen atoms in total. The van der Waals surface area contributed by atoms with E-state index in [-0.39, 0.29) is 5.41 Å². The van der Waals surface area contributed by atoms with E-state index in [1.54, 1.807) is 0 Å². The van der Waals surface area contributed by atoms with Crippen LogP contribution in [0, 0.1) is 6.92 Å². The van der Waals surface area contributed by atoms with E-state index >= 15 is 0 Å². The summed E-state index contributed by atoms with van der Waals surface area (Å²) in [5.74, 6) is 0. The van der Waals surface area contributed by atoms with Crippen molar-refractivity contribution in [1.29, 1.82) is 0 Å². The lowest BCUT2D eigenvalue weighted by Gasteiger charge is -2.26. The fourth-order valence-electron chi connectivity index (χ4n) is 2.48. The van der Waals surface area contributed by atoms with Crippen molar-refractivity contribution in [2.75, 3.05) is 19.6 Å². The van der Waals surface area contributed by atoms with Crippen molar-refractivity contribution in [3.8, 4) is 0 Å². The van der Waals surface area contributed by atoms with Crippen molar-refractivity contribution in [2.45, 2.75) is 45.6 Å². The predicted octanol–water partition coefficient (Wildman–Crippen LogP) is 2.40. The molecule has 1 aliphatic rings. The molecule has 2 N–H and O–H groups in total. The first-order valence-electron chi connectivity index (χ1n) is 7.01. The number of hydrogen-bond donors (Lipinski definition) is 2. The molecule has 2 heteroatoms. The monoisotopic (exact) mass is 246 g/mol. The average Bonchev–Trinajstić information content (AvgIpc) is 2.32. The highest BCUT2D eigenvalue weighted by atomic mass is 15.0. The Hall–Kier alpha value is -0.860. The zero-order valence-electron chi connectivity index (χ0n) is 12.1. The second-order valence-corrected chi connectivity index (χ2v) is 6.45. The third kappa shape index (κ3) is 3.33. The smallest absolute Gasteiger partial charge is 0.0233 e. The first kappa shape index (κ1) is 13.6. The van der Waals surface area contributed by atoms with Crippen molar-refractivity contribution < 1.29 is 0 Å². The number of hydrogen-bond acceptors (Lipinski definition) is 2. The molecule has 18 heavy (non-hydrogen) atoms. The maximum Gasteiger partial charge on any atom is 0.0233 e. The van der Waals surface area contributed by atoms with Gasteiger partial charge in [-0.15, -0.1) is 0 Å². The van der Waals surface area contributed by atoms with Gasteiger partial charge in [-0.05, 0) is 35.4 Å². The maximum atomic E-state index is 3.59. The quantitative estimate of drug-likeness (QED) is 0.837. The largest absolute Gasteiger partial charge is 0.314 e. The van der Waals surface area contributed by atoms with Crippen molar-refractivity contribution in [3.05, 3.63) is 34.9 Å². The van der Waals surface area contributed by atoms with E-state index in [9.17, 15) is 0 Å². The minimum atomic E-state index is 0.237. The maximum absolute atomic E-state index is 3.59. The molecule has 1 heterocycles. The summed E-state index contributed by atoms with van der Waals surface area (Å²) in [6.45, 7) is 12.3. The Morgan fingerprint density at radius 3 is 2.61 bits per heavy atom. The van der Waals surface area contributed by atoms with E-state index in [1.165, 1.54) is 16.7 Å².